The van der Waals surface area contributed by atoms with Gasteiger partial charge in [0.1, 0.15) is 5.75 Å². The number of carbonyl (C=O) groups is 1. The van der Waals surface area contributed by atoms with Gasteiger partial charge in [0.05, 0.1) is 7.11 Å². The van der Waals surface area contributed by atoms with E-state index in [0.717, 1.165) is 31.7 Å². The summed E-state index contributed by atoms with van der Waals surface area (Å²) >= 11 is 0. The van der Waals surface area contributed by atoms with Crippen molar-refractivity contribution in [2.45, 2.75) is 43.7 Å². The van der Waals surface area contributed by atoms with Crippen LogP contribution in [0.1, 0.15) is 37.2 Å². The molecule has 0 aromatic heterocycles. The lowest BCUT2D eigenvalue weighted by Crippen LogP contribution is -2.72. The van der Waals surface area contributed by atoms with Gasteiger partial charge in [0.15, 0.2) is 0 Å². The molecule has 4 fully saturated rings. The SMILES string of the molecule is COc1cccc(-c2ccc(C3[C@@H]4CN(C(=O)C5CCCC5)C[C@H]3N4)cc2)c1. The highest BCUT2D eigenvalue weighted by molar-refractivity contribution is 5.79. The van der Waals surface area contributed by atoms with Crippen LogP contribution in [0.3, 0.4) is 0 Å². The topological polar surface area (TPSA) is 41.6 Å². The molecule has 2 aromatic rings. The lowest BCUT2D eigenvalue weighted by molar-refractivity contribution is -0.140. The number of hydrogen-bond donors (Lipinski definition) is 1. The second-order valence-electron chi connectivity index (χ2n) is 8.48. The van der Waals surface area contributed by atoms with Crippen LogP contribution in [0.25, 0.3) is 11.1 Å². The highest BCUT2D eigenvalue weighted by atomic mass is 16.5. The van der Waals surface area contributed by atoms with Crippen molar-refractivity contribution in [1.29, 1.82) is 0 Å². The highest BCUT2D eigenvalue weighted by Gasteiger charge is 2.48. The van der Waals surface area contributed by atoms with Gasteiger partial charge in [0.2, 0.25) is 5.91 Å². The average molecular weight is 377 g/mol. The minimum atomic E-state index is 0.290. The number of piperidine rings is 1. The Labute approximate surface area is 166 Å². The fourth-order valence-corrected chi connectivity index (χ4v) is 5.30. The van der Waals surface area contributed by atoms with E-state index in [0.29, 0.717) is 23.9 Å². The Hall–Kier alpha value is -2.33. The molecule has 3 atom stereocenters. The third kappa shape index (κ3) is 3.10. The van der Waals surface area contributed by atoms with Crippen molar-refractivity contribution in [3.63, 3.8) is 0 Å². The molecule has 0 spiro atoms. The number of ether oxygens (including phenoxy) is 1. The summed E-state index contributed by atoms with van der Waals surface area (Å²) in [6.45, 7) is 1.71. The minimum absolute atomic E-state index is 0.290. The summed E-state index contributed by atoms with van der Waals surface area (Å²) in [6.07, 6.45) is 4.62. The number of rotatable bonds is 4. The van der Waals surface area contributed by atoms with Crippen molar-refractivity contribution in [3.8, 4) is 16.9 Å². The Balaban J connectivity index is 1.27. The van der Waals surface area contributed by atoms with Crippen molar-refractivity contribution >= 4 is 5.91 Å². The van der Waals surface area contributed by atoms with E-state index in [-0.39, 0.29) is 5.92 Å². The first-order chi connectivity index (χ1) is 13.7. The molecule has 1 unspecified atom stereocenters. The van der Waals surface area contributed by atoms with Crippen molar-refractivity contribution in [2.24, 2.45) is 5.92 Å². The van der Waals surface area contributed by atoms with E-state index in [1.54, 1.807) is 7.11 Å². The molecule has 28 heavy (non-hydrogen) atoms. The van der Waals surface area contributed by atoms with Gasteiger partial charge >= 0.3 is 0 Å². The summed E-state index contributed by atoms with van der Waals surface area (Å²) < 4.78 is 5.34. The molecule has 146 valence electrons. The summed E-state index contributed by atoms with van der Waals surface area (Å²) in [5, 5.41) is 3.65. The molecule has 2 aromatic carbocycles. The van der Waals surface area contributed by atoms with Gasteiger partial charge in [-0.05, 0) is 41.7 Å². The number of fused-ring (bicyclic) bond motifs is 2. The zero-order chi connectivity index (χ0) is 19.1. The quantitative estimate of drug-likeness (QED) is 0.882. The van der Waals surface area contributed by atoms with Crippen LogP contribution in [0.2, 0.25) is 0 Å². The zero-order valence-corrected chi connectivity index (χ0v) is 16.4. The van der Waals surface area contributed by atoms with E-state index in [1.165, 1.54) is 29.5 Å². The van der Waals surface area contributed by atoms with Gasteiger partial charge < -0.3 is 15.0 Å². The van der Waals surface area contributed by atoms with Crippen LogP contribution in [-0.4, -0.2) is 43.1 Å². The van der Waals surface area contributed by atoms with Crippen molar-refractivity contribution < 1.29 is 9.53 Å². The first-order valence-corrected chi connectivity index (χ1v) is 10.5. The fourth-order valence-electron chi connectivity index (χ4n) is 5.30. The standard InChI is InChI=1S/C24H28N2O2/c1-28-20-8-4-7-19(13-20)16-9-11-17(12-10-16)23-21-14-26(15-22(23)25-21)24(27)18-5-2-3-6-18/h4,7-13,18,21-23,25H,2-3,5-6,14-15H2,1H3/t21-,22+,23?. The molecule has 4 aliphatic rings. The van der Waals surface area contributed by atoms with Gasteiger partial charge in [0, 0.05) is 37.0 Å². The second-order valence-corrected chi connectivity index (χ2v) is 8.48. The number of piperazine rings is 1. The van der Waals surface area contributed by atoms with Crippen molar-refractivity contribution in [1.82, 2.24) is 10.2 Å². The van der Waals surface area contributed by atoms with E-state index in [9.17, 15) is 4.79 Å². The number of carbonyl (C=O) groups excluding carboxylic acids is 1. The number of benzene rings is 2. The van der Waals surface area contributed by atoms with Crippen molar-refractivity contribution in [2.75, 3.05) is 20.2 Å². The molecular formula is C24H28N2O2. The number of nitrogens with zero attached hydrogens (tertiary/aromatic N) is 1. The van der Waals surface area contributed by atoms with Crippen LogP contribution in [0, 0.1) is 5.92 Å². The van der Waals surface area contributed by atoms with Gasteiger partial charge in [-0.3, -0.25) is 4.79 Å². The molecule has 1 N–H and O–H groups in total. The van der Waals surface area contributed by atoms with Crippen molar-refractivity contribution in [3.05, 3.63) is 54.1 Å². The summed E-state index contributed by atoms with van der Waals surface area (Å²) in [5.74, 6) is 2.09. The third-order valence-electron chi connectivity index (χ3n) is 6.84. The predicted molar refractivity (Wildman–Crippen MR) is 110 cm³/mol. The number of amides is 1. The van der Waals surface area contributed by atoms with E-state index < -0.39 is 0 Å². The molecule has 4 nitrogen and oxygen atoms in total. The number of hydrogen-bond acceptors (Lipinski definition) is 3. The van der Waals surface area contributed by atoms with Gasteiger partial charge in [0.25, 0.3) is 0 Å². The molecule has 6 rings (SSSR count). The Morgan fingerprint density at radius 3 is 2.39 bits per heavy atom. The van der Waals surface area contributed by atoms with Gasteiger partial charge in [-0.25, -0.2) is 0 Å². The zero-order valence-electron chi connectivity index (χ0n) is 16.4. The van der Waals surface area contributed by atoms with E-state index in [1.807, 2.05) is 12.1 Å². The molecular weight excluding hydrogens is 348 g/mol. The summed E-state index contributed by atoms with van der Waals surface area (Å²) in [6, 6.07) is 17.9. The van der Waals surface area contributed by atoms with Crippen LogP contribution >= 0.6 is 0 Å². The van der Waals surface area contributed by atoms with Crippen LogP contribution in [0.4, 0.5) is 0 Å². The third-order valence-corrected chi connectivity index (χ3v) is 6.84. The smallest absolute Gasteiger partial charge is 0.225 e. The minimum Gasteiger partial charge on any atom is -0.497 e. The molecule has 2 bridgehead atoms. The largest absolute Gasteiger partial charge is 0.497 e. The van der Waals surface area contributed by atoms with Crippen LogP contribution in [-0.2, 0) is 4.79 Å². The average Bonchev–Trinajstić information content (AvgIpc) is 3.29. The van der Waals surface area contributed by atoms with E-state index >= 15 is 0 Å². The molecule has 3 heterocycles. The van der Waals surface area contributed by atoms with Gasteiger partial charge in [-0.2, -0.15) is 0 Å². The Morgan fingerprint density at radius 2 is 1.71 bits per heavy atom. The summed E-state index contributed by atoms with van der Waals surface area (Å²) in [7, 11) is 1.70. The van der Waals surface area contributed by atoms with Crippen LogP contribution in [0.15, 0.2) is 48.5 Å². The maximum absolute atomic E-state index is 12.8. The molecule has 3 saturated heterocycles. The maximum Gasteiger partial charge on any atom is 0.225 e. The highest BCUT2D eigenvalue weighted by Crippen LogP contribution is 2.39. The Bertz CT molecular complexity index is 845. The molecule has 1 amide bonds. The summed E-state index contributed by atoms with van der Waals surface area (Å²) in [4.78, 5) is 14.9. The molecule has 3 aliphatic heterocycles. The fraction of sp³-hybridized carbons (Fsp3) is 0.458. The van der Waals surface area contributed by atoms with Crippen LogP contribution < -0.4 is 10.1 Å². The van der Waals surface area contributed by atoms with Crippen LogP contribution in [0.5, 0.6) is 5.75 Å². The number of methoxy groups -OCH3 is 1. The van der Waals surface area contributed by atoms with E-state index in [4.69, 9.17) is 4.74 Å². The first kappa shape index (κ1) is 17.7. The Morgan fingerprint density at radius 1 is 1.00 bits per heavy atom. The lowest BCUT2D eigenvalue weighted by atomic mass is 9.74. The first-order valence-electron chi connectivity index (χ1n) is 10.5. The van der Waals surface area contributed by atoms with Gasteiger partial charge in [-0.1, -0.05) is 49.2 Å². The van der Waals surface area contributed by atoms with Gasteiger partial charge in [-0.15, -0.1) is 0 Å². The van der Waals surface area contributed by atoms with E-state index in [2.05, 4.69) is 46.6 Å². The molecule has 4 heteroatoms. The molecule has 0 radical (unpaired) electrons. The lowest BCUT2D eigenvalue weighted by Gasteiger charge is -2.55. The molecule has 1 aliphatic carbocycles. The number of nitrogens with one attached hydrogen (secondary N) is 1. The maximum atomic E-state index is 12.8. The second kappa shape index (κ2) is 7.25. The Kier molecular flexibility index (Phi) is 4.59. The summed E-state index contributed by atoms with van der Waals surface area (Å²) in [5.41, 5.74) is 3.76. The predicted octanol–water partition coefficient (Wildman–Crippen LogP) is 3.82. The normalized spacial score (nSPS) is 26.8. The molecule has 1 saturated carbocycles. The monoisotopic (exact) mass is 376 g/mol.